The third kappa shape index (κ3) is 4.40. The molecule has 2 aliphatic heterocycles. The van der Waals surface area contributed by atoms with Gasteiger partial charge in [0.1, 0.15) is 0 Å². The van der Waals surface area contributed by atoms with Crippen LogP contribution in [0.25, 0.3) is 0 Å². The zero-order chi connectivity index (χ0) is 17.6. The second kappa shape index (κ2) is 8.31. The predicted molar refractivity (Wildman–Crippen MR) is 103 cm³/mol. The predicted octanol–water partition coefficient (Wildman–Crippen LogP) is 3.20. The summed E-state index contributed by atoms with van der Waals surface area (Å²) in [5, 5.41) is 14.6. The van der Waals surface area contributed by atoms with Crippen LogP contribution < -0.4 is 15.5 Å². The number of hydrogen-bond acceptors (Lipinski definition) is 7. The van der Waals surface area contributed by atoms with E-state index in [4.69, 9.17) is 4.74 Å². The Morgan fingerprint density at radius 2 is 1.92 bits per heavy atom. The number of hydrogen-bond donors (Lipinski definition) is 2. The Balaban J connectivity index is 1.35. The number of ether oxygens (including phenoxy) is 1. The van der Waals surface area contributed by atoms with Crippen molar-refractivity contribution in [2.45, 2.75) is 38.2 Å². The van der Waals surface area contributed by atoms with Gasteiger partial charge in [0, 0.05) is 37.6 Å². The summed E-state index contributed by atoms with van der Waals surface area (Å²) in [5.74, 6) is 1.20. The Kier molecular flexibility index (Phi) is 5.44. The van der Waals surface area contributed by atoms with Crippen LogP contribution in [0, 0.1) is 0 Å². The molecule has 138 valence electrons. The molecule has 0 spiro atoms. The number of benzene rings is 1. The molecule has 2 N–H and O–H groups in total. The number of piperidine rings is 1. The van der Waals surface area contributed by atoms with Crippen LogP contribution in [0.5, 0.6) is 0 Å². The number of rotatable bonds is 6. The van der Waals surface area contributed by atoms with E-state index in [0.29, 0.717) is 11.8 Å². The van der Waals surface area contributed by atoms with Crippen molar-refractivity contribution in [2.75, 3.05) is 41.8 Å². The minimum atomic E-state index is 0.248. The summed E-state index contributed by atoms with van der Waals surface area (Å²) in [6.45, 7) is 3.88. The Bertz CT molecular complexity index is 695. The highest BCUT2D eigenvalue weighted by Gasteiger charge is 2.15. The third-order valence-corrected chi connectivity index (χ3v) is 4.93. The fourth-order valence-corrected chi connectivity index (χ4v) is 3.50. The molecule has 0 bridgehead atoms. The van der Waals surface area contributed by atoms with E-state index in [0.717, 1.165) is 44.8 Å². The average molecular weight is 354 g/mol. The van der Waals surface area contributed by atoms with Crippen LogP contribution in [0.2, 0.25) is 0 Å². The Morgan fingerprint density at radius 1 is 1.08 bits per heavy atom. The first kappa shape index (κ1) is 17.0. The maximum Gasteiger partial charge on any atom is 0.244 e. The average Bonchev–Trinajstić information content (AvgIpc) is 3.22. The molecule has 1 aromatic heterocycles. The van der Waals surface area contributed by atoms with Gasteiger partial charge in [-0.2, -0.15) is 10.1 Å². The first-order valence-corrected chi connectivity index (χ1v) is 9.54. The molecule has 0 aliphatic carbocycles. The monoisotopic (exact) mass is 354 g/mol. The Hall–Kier alpha value is -2.41. The van der Waals surface area contributed by atoms with E-state index in [9.17, 15) is 0 Å². The van der Waals surface area contributed by atoms with E-state index < -0.39 is 0 Å². The van der Waals surface area contributed by atoms with E-state index in [1.807, 2.05) is 0 Å². The van der Waals surface area contributed by atoms with Gasteiger partial charge in [-0.05, 0) is 56.4 Å². The Labute approximate surface area is 154 Å². The molecular formula is C19H26N6O. The van der Waals surface area contributed by atoms with Gasteiger partial charge in [0.05, 0.1) is 12.3 Å². The topological polar surface area (TPSA) is 75.2 Å². The molecule has 3 heterocycles. The number of nitrogens with one attached hydrogen (secondary N) is 2. The molecule has 1 unspecified atom stereocenters. The van der Waals surface area contributed by atoms with Crippen LogP contribution >= 0.6 is 0 Å². The standard InChI is InChI=1S/C19H26N6O/c1-2-10-25(11-3-1)16-8-6-15(7-9-16)22-18-14-21-24-19(23-18)20-13-17-5-4-12-26-17/h6-9,14,17H,1-5,10-13H2,(H2,20,22,23,24). The van der Waals surface area contributed by atoms with Crippen LogP contribution in [0.15, 0.2) is 30.5 Å². The van der Waals surface area contributed by atoms with Crippen LogP contribution in [0.1, 0.15) is 32.1 Å². The minimum absolute atomic E-state index is 0.248. The molecule has 0 amide bonds. The fourth-order valence-electron chi connectivity index (χ4n) is 3.50. The van der Waals surface area contributed by atoms with Crippen LogP contribution in [0.4, 0.5) is 23.1 Å². The largest absolute Gasteiger partial charge is 0.376 e. The molecule has 4 rings (SSSR count). The lowest BCUT2D eigenvalue weighted by atomic mass is 10.1. The Morgan fingerprint density at radius 3 is 2.69 bits per heavy atom. The van der Waals surface area contributed by atoms with Gasteiger partial charge in [-0.25, -0.2) is 0 Å². The van der Waals surface area contributed by atoms with Gasteiger partial charge in [-0.3, -0.25) is 0 Å². The van der Waals surface area contributed by atoms with E-state index in [2.05, 4.69) is 55.0 Å². The molecular weight excluding hydrogens is 328 g/mol. The van der Waals surface area contributed by atoms with Gasteiger partial charge in [-0.15, -0.1) is 5.10 Å². The van der Waals surface area contributed by atoms with E-state index in [1.165, 1.54) is 24.9 Å². The lowest BCUT2D eigenvalue weighted by Crippen LogP contribution is -2.29. The van der Waals surface area contributed by atoms with Crippen molar-refractivity contribution in [3.05, 3.63) is 30.5 Å². The highest BCUT2D eigenvalue weighted by atomic mass is 16.5. The van der Waals surface area contributed by atoms with Crippen LogP contribution in [-0.2, 0) is 4.74 Å². The normalized spacial score (nSPS) is 20.2. The first-order chi connectivity index (χ1) is 12.9. The van der Waals surface area contributed by atoms with E-state index in [-0.39, 0.29) is 6.10 Å². The van der Waals surface area contributed by atoms with Crippen molar-refractivity contribution in [3.63, 3.8) is 0 Å². The summed E-state index contributed by atoms with van der Waals surface area (Å²) in [7, 11) is 0. The number of anilines is 4. The lowest BCUT2D eigenvalue weighted by Gasteiger charge is -2.28. The summed E-state index contributed by atoms with van der Waals surface area (Å²) in [5.41, 5.74) is 2.28. The van der Waals surface area contributed by atoms with Gasteiger partial charge < -0.3 is 20.3 Å². The van der Waals surface area contributed by atoms with Gasteiger partial charge in [0.2, 0.25) is 5.95 Å². The molecule has 2 aromatic rings. The summed E-state index contributed by atoms with van der Waals surface area (Å²) < 4.78 is 5.60. The smallest absolute Gasteiger partial charge is 0.244 e. The molecule has 7 nitrogen and oxygen atoms in total. The van der Waals surface area contributed by atoms with Gasteiger partial charge in [0.25, 0.3) is 0 Å². The highest BCUT2D eigenvalue weighted by Crippen LogP contribution is 2.23. The second-order valence-electron chi connectivity index (χ2n) is 6.90. The zero-order valence-corrected chi connectivity index (χ0v) is 15.0. The van der Waals surface area contributed by atoms with Gasteiger partial charge in [-0.1, -0.05) is 0 Å². The molecule has 2 fully saturated rings. The van der Waals surface area contributed by atoms with E-state index >= 15 is 0 Å². The zero-order valence-electron chi connectivity index (χ0n) is 15.0. The van der Waals surface area contributed by atoms with Crippen molar-refractivity contribution in [1.29, 1.82) is 0 Å². The van der Waals surface area contributed by atoms with Crippen molar-refractivity contribution in [2.24, 2.45) is 0 Å². The molecule has 1 atom stereocenters. The van der Waals surface area contributed by atoms with Crippen LogP contribution in [-0.4, -0.2) is 47.5 Å². The molecule has 0 saturated carbocycles. The third-order valence-electron chi connectivity index (χ3n) is 4.93. The SMILES string of the molecule is c1cc(N2CCCCC2)ccc1Nc1cnnc(NCC2CCCO2)n1. The molecule has 2 aliphatic rings. The summed E-state index contributed by atoms with van der Waals surface area (Å²) in [4.78, 5) is 6.93. The molecule has 7 heteroatoms. The van der Waals surface area contributed by atoms with E-state index in [1.54, 1.807) is 6.20 Å². The maximum atomic E-state index is 5.60. The summed E-state index contributed by atoms with van der Waals surface area (Å²) in [6.07, 6.45) is 8.01. The summed E-state index contributed by atoms with van der Waals surface area (Å²) >= 11 is 0. The van der Waals surface area contributed by atoms with Crippen molar-refractivity contribution in [3.8, 4) is 0 Å². The van der Waals surface area contributed by atoms with Gasteiger partial charge in [0.15, 0.2) is 5.82 Å². The lowest BCUT2D eigenvalue weighted by molar-refractivity contribution is 0.120. The fraction of sp³-hybridized carbons (Fsp3) is 0.526. The maximum absolute atomic E-state index is 5.60. The highest BCUT2D eigenvalue weighted by molar-refractivity contribution is 5.60. The number of aromatic nitrogens is 3. The van der Waals surface area contributed by atoms with Crippen molar-refractivity contribution >= 4 is 23.1 Å². The second-order valence-corrected chi connectivity index (χ2v) is 6.90. The van der Waals surface area contributed by atoms with Crippen molar-refractivity contribution < 1.29 is 4.74 Å². The first-order valence-electron chi connectivity index (χ1n) is 9.54. The minimum Gasteiger partial charge on any atom is -0.376 e. The molecule has 0 radical (unpaired) electrons. The van der Waals surface area contributed by atoms with Crippen molar-refractivity contribution in [1.82, 2.24) is 15.2 Å². The molecule has 1 aromatic carbocycles. The van der Waals surface area contributed by atoms with Crippen LogP contribution in [0.3, 0.4) is 0 Å². The molecule has 26 heavy (non-hydrogen) atoms. The molecule has 2 saturated heterocycles. The number of nitrogens with zero attached hydrogens (tertiary/aromatic N) is 4. The summed E-state index contributed by atoms with van der Waals surface area (Å²) in [6, 6.07) is 8.51. The van der Waals surface area contributed by atoms with Gasteiger partial charge >= 0.3 is 0 Å². The quantitative estimate of drug-likeness (QED) is 0.825.